The van der Waals surface area contributed by atoms with E-state index in [1.165, 1.54) is 0 Å². The van der Waals surface area contributed by atoms with Gasteiger partial charge in [-0.15, -0.1) is 0 Å². The molecule has 1 atom stereocenters. The number of amidine groups is 1. The molecular formula is C16H19ClN2O4. The van der Waals surface area contributed by atoms with Crippen LogP contribution in [0.5, 0.6) is 11.5 Å². The van der Waals surface area contributed by atoms with E-state index >= 15 is 0 Å². The van der Waals surface area contributed by atoms with Gasteiger partial charge in [-0.1, -0.05) is 6.92 Å². The molecule has 1 aliphatic heterocycles. The molecule has 0 spiro atoms. The number of nitrogens with zero attached hydrogens (tertiary/aromatic N) is 2. The van der Waals surface area contributed by atoms with Gasteiger partial charge in [0.25, 0.3) is 0 Å². The second kappa shape index (κ2) is 7.00. The van der Waals surface area contributed by atoms with Crippen molar-refractivity contribution >= 4 is 29.1 Å². The second-order valence-electron chi connectivity index (χ2n) is 5.61. The fourth-order valence-corrected chi connectivity index (χ4v) is 1.98. The minimum Gasteiger partial charge on any atom is -0.493 e. The molecule has 0 fully saturated rings. The monoisotopic (exact) mass is 338 g/mol. The van der Waals surface area contributed by atoms with Gasteiger partial charge in [-0.2, -0.15) is 0 Å². The molecule has 0 saturated carbocycles. The molecule has 0 radical (unpaired) electrons. The lowest BCUT2D eigenvalue weighted by Gasteiger charge is -2.31. The zero-order valence-electron chi connectivity index (χ0n) is 13.5. The van der Waals surface area contributed by atoms with Crippen LogP contribution < -0.4 is 9.47 Å². The van der Waals surface area contributed by atoms with Gasteiger partial charge in [0.1, 0.15) is 17.1 Å². The van der Waals surface area contributed by atoms with Gasteiger partial charge in [0.2, 0.25) is 11.1 Å². The van der Waals surface area contributed by atoms with Gasteiger partial charge in [-0.25, -0.2) is 9.79 Å². The van der Waals surface area contributed by atoms with Crippen molar-refractivity contribution in [1.82, 2.24) is 0 Å². The molecule has 6 nitrogen and oxygen atoms in total. The Labute approximate surface area is 140 Å². The Bertz CT molecular complexity index is 655. The van der Waals surface area contributed by atoms with Crippen molar-refractivity contribution in [2.75, 3.05) is 13.7 Å². The molecule has 0 bridgehead atoms. The SMILES string of the molecule is CN=C(Cl)/N=C\C(C)COc1ccc2c(c1)C(=O)OC(C)(C)O2. The van der Waals surface area contributed by atoms with Crippen LogP contribution in [-0.4, -0.2) is 36.9 Å². The zero-order valence-corrected chi connectivity index (χ0v) is 14.3. The van der Waals surface area contributed by atoms with Crippen LogP contribution in [0.4, 0.5) is 0 Å². The minimum atomic E-state index is -0.961. The number of carbonyl (C=O) groups is 1. The highest BCUT2D eigenvalue weighted by Crippen LogP contribution is 2.33. The highest BCUT2D eigenvalue weighted by molar-refractivity contribution is 6.65. The molecule has 1 aromatic rings. The maximum atomic E-state index is 12.0. The third kappa shape index (κ3) is 4.69. The normalized spacial score (nSPS) is 18.1. The maximum absolute atomic E-state index is 12.0. The molecule has 0 aliphatic carbocycles. The number of fused-ring (bicyclic) bond motifs is 1. The summed E-state index contributed by atoms with van der Waals surface area (Å²) in [6.07, 6.45) is 1.66. The number of rotatable bonds is 4. The standard InChI is InChI=1S/C16H19ClN2O4/c1-10(8-19-15(17)18-4)9-21-11-5-6-13-12(7-11)14(20)23-16(2,3)22-13/h5-8,10H,9H2,1-4H3/b18-15?,19-8-. The van der Waals surface area contributed by atoms with E-state index in [4.69, 9.17) is 25.8 Å². The van der Waals surface area contributed by atoms with Crippen molar-refractivity contribution in [3.05, 3.63) is 23.8 Å². The molecule has 7 heteroatoms. The number of ether oxygens (including phenoxy) is 3. The number of cyclic esters (lactones) is 1. The second-order valence-corrected chi connectivity index (χ2v) is 5.95. The summed E-state index contributed by atoms with van der Waals surface area (Å²) in [7, 11) is 1.57. The average molecular weight is 339 g/mol. The molecule has 124 valence electrons. The van der Waals surface area contributed by atoms with Crippen molar-refractivity contribution in [3.8, 4) is 11.5 Å². The van der Waals surface area contributed by atoms with E-state index in [-0.39, 0.29) is 11.2 Å². The number of hydrogen-bond donors (Lipinski definition) is 0. The van der Waals surface area contributed by atoms with Gasteiger partial charge in [-0.3, -0.25) is 4.99 Å². The van der Waals surface area contributed by atoms with E-state index in [9.17, 15) is 4.79 Å². The molecule has 2 rings (SSSR count). The van der Waals surface area contributed by atoms with E-state index in [1.807, 2.05) is 6.92 Å². The summed E-state index contributed by atoms with van der Waals surface area (Å²) in [6, 6.07) is 5.06. The van der Waals surface area contributed by atoms with Gasteiger partial charge in [0, 0.05) is 33.0 Å². The van der Waals surface area contributed by atoms with Crippen LogP contribution in [0.1, 0.15) is 31.1 Å². The van der Waals surface area contributed by atoms with Gasteiger partial charge < -0.3 is 14.2 Å². The van der Waals surface area contributed by atoms with Gasteiger partial charge in [0.15, 0.2) is 0 Å². The quantitative estimate of drug-likeness (QED) is 0.365. The van der Waals surface area contributed by atoms with E-state index < -0.39 is 11.8 Å². The first-order valence-electron chi connectivity index (χ1n) is 7.16. The number of carbonyl (C=O) groups excluding carboxylic acids is 1. The van der Waals surface area contributed by atoms with E-state index in [2.05, 4.69) is 9.98 Å². The van der Waals surface area contributed by atoms with Gasteiger partial charge in [0.05, 0.1) is 6.61 Å². The summed E-state index contributed by atoms with van der Waals surface area (Å²) in [5.41, 5.74) is 0.351. The molecular weight excluding hydrogens is 320 g/mol. The summed E-state index contributed by atoms with van der Waals surface area (Å²) in [4.78, 5) is 19.7. The molecule has 1 aromatic carbocycles. The Morgan fingerprint density at radius 1 is 1.43 bits per heavy atom. The van der Waals surface area contributed by atoms with Crippen LogP contribution in [0.3, 0.4) is 0 Å². The van der Waals surface area contributed by atoms with Crippen molar-refractivity contribution in [3.63, 3.8) is 0 Å². The van der Waals surface area contributed by atoms with Crippen molar-refractivity contribution in [2.24, 2.45) is 15.9 Å². The summed E-state index contributed by atoms with van der Waals surface area (Å²) in [5.74, 6) is -0.318. The Morgan fingerprint density at radius 2 is 2.17 bits per heavy atom. The molecule has 1 aliphatic rings. The minimum absolute atomic E-state index is 0.0312. The average Bonchev–Trinajstić information content (AvgIpc) is 2.49. The highest BCUT2D eigenvalue weighted by atomic mass is 35.5. The molecule has 0 aromatic heterocycles. The van der Waals surface area contributed by atoms with E-state index in [0.29, 0.717) is 23.7 Å². The molecule has 23 heavy (non-hydrogen) atoms. The van der Waals surface area contributed by atoms with Crippen molar-refractivity contribution < 1.29 is 19.0 Å². The molecule has 0 N–H and O–H groups in total. The zero-order chi connectivity index (χ0) is 17.0. The first-order valence-corrected chi connectivity index (χ1v) is 7.54. The van der Waals surface area contributed by atoms with Crippen LogP contribution in [-0.2, 0) is 4.74 Å². The van der Waals surface area contributed by atoms with Crippen LogP contribution in [0.2, 0.25) is 0 Å². The third-order valence-electron chi connectivity index (χ3n) is 3.00. The van der Waals surface area contributed by atoms with Gasteiger partial charge in [-0.05, 0) is 29.8 Å². The molecule has 0 saturated heterocycles. The van der Waals surface area contributed by atoms with Crippen molar-refractivity contribution in [2.45, 2.75) is 26.6 Å². The van der Waals surface area contributed by atoms with Crippen LogP contribution in [0, 0.1) is 5.92 Å². The van der Waals surface area contributed by atoms with Crippen LogP contribution in [0.15, 0.2) is 28.2 Å². The molecule has 1 heterocycles. The Hall–Kier alpha value is -2.08. The number of benzene rings is 1. The summed E-state index contributed by atoms with van der Waals surface area (Å²) < 4.78 is 16.5. The smallest absolute Gasteiger partial charge is 0.345 e. The predicted molar refractivity (Wildman–Crippen MR) is 88.9 cm³/mol. The number of esters is 1. The topological polar surface area (TPSA) is 69.5 Å². The lowest BCUT2D eigenvalue weighted by molar-refractivity contribution is -0.127. The van der Waals surface area contributed by atoms with E-state index in [1.54, 1.807) is 45.3 Å². The van der Waals surface area contributed by atoms with Gasteiger partial charge >= 0.3 is 5.97 Å². The Kier molecular flexibility index (Phi) is 5.26. The number of aliphatic imine (C=N–C) groups is 2. The number of halogens is 1. The Morgan fingerprint density at radius 3 is 2.87 bits per heavy atom. The fraction of sp³-hybridized carbons (Fsp3) is 0.438. The maximum Gasteiger partial charge on any atom is 0.345 e. The van der Waals surface area contributed by atoms with Crippen LogP contribution in [0.25, 0.3) is 0 Å². The lowest BCUT2D eigenvalue weighted by atomic mass is 10.1. The summed E-state index contributed by atoms with van der Waals surface area (Å²) in [6.45, 7) is 5.69. The summed E-state index contributed by atoms with van der Waals surface area (Å²) >= 11 is 5.69. The van der Waals surface area contributed by atoms with Crippen molar-refractivity contribution in [1.29, 1.82) is 0 Å². The first kappa shape index (κ1) is 17.3. The highest BCUT2D eigenvalue weighted by Gasteiger charge is 2.34. The number of hydrogen-bond acceptors (Lipinski definition) is 5. The third-order valence-corrected chi connectivity index (χ3v) is 3.26. The first-order chi connectivity index (χ1) is 10.8. The lowest BCUT2D eigenvalue weighted by Crippen LogP contribution is -2.38. The summed E-state index contributed by atoms with van der Waals surface area (Å²) in [5, 5.41) is 0.188. The van der Waals surface area contributed by atoms with Crippen LogP contribution >= 0.6 is 11.6 Å². The van der Waals surface area contributed by atoms with E-state index in [0.717, 1.165) is 0 Å². The molecule has 1 unspecified atom stereocenters. The molecule has 0 amide bonds. The fourth-order valence-electron chi connectivity index (χ4n) is 1.93. The largest absolute Gasteiger partial charge is 0.493 e. The Balaban J connectivity index is 2.02. The predicted octanol–water partition coefficient (Wildman–Crippen LogP) is 3.28.